The first-order valence-electron chi connectivity index (χ1n) is 8.48. The van der Waals surface area contributed by atoms with Crippen LogP contribution in [0.4, 0.5) is 0 Å². The highest BCUT2D eigenvalue weighted by molar-refractivity contribution is 6.30. The summed E-state index contributed by atoms with van der Waals surface area (Å²) in [7, 11) is 1.94. The maximum absolute atomic E-state index is 12.3. The molecule has 0 aliphatic carbocycles. The van der Waals surface area contributed by atoms with Crippen molar-refractivity contribution in [2.75, 3.05) is 26.7 Å². The highest BCUT2D eigenvalue weighted by Crippen LogP contribution is 2.23. The number of rotatable bonds is 4. The molecular weight excluding hydrogens is 308 g/mol. The van der Waals surface area contributed by atoms with Crippen LogP contribution in [0.3, 0.4) is 0 Å². The van der Waals surface area contributed by atoms with Crippen molar-refractivity contribution in [2.24, 2.45) is 11.3 Å². The van der Waals surface area contributed by atoms with Crippen LogP contribution in [0.15, 0.2) is 24.3 Å². The molecular formula is C19H29ClN2O. The first kappa shape index (κ1) is 18.3. The zero-order valence-corrected chi connectivity index (χ0v) is 15.6. The Labute approximate surface area is 145 Å². The normalized spacial score (nSPS) is 17.3. The van der Waals surface area contributed by atoms with E-state index in [2.05, 4.69) is 11.0 Å². The third-order valence-corrected chi connectivity index (χ3v) is 4.76. The van der Waals surface area contributed by atoms with E-state index in [9.17, 15) is 4.79 Å². The second-order valence-corrected chi connectivity index (χ2v) is 8.22. The minimum atomic E-state index is -0.290. The van der Waals surface area contributed by atoms with Gasteiger partial charge in [0.2, 0.25) is 5.91 Å². The summed E-state index contributed by atoms with van der Waals surface area (Å²) >= 11 is 6.05. The number of hydrogen-bond donors (Lipinski definition) is 0. The molecule has 128 valence electrons. The van der Waals surface area contributed by atoms with E-state index >= 15 is 0 Å². The van der Waals surface area contributed by atoms with E-state index in [1.807, 2.05) is 50.9 Å². The molecule has 1 heterocycles. The number of halogens is 1. The maximum atomic E-state index is 12.3. The molecule has 1 aliphatic heterocycles. The number of nitrogens with zero attached hydrogens (tertiary/aromatic N) is 2. The van der Waals surface area contributed by atoms with Crippen molar-refractivity contribution in [3.8, 4) is 0 Å². The van der Waals surface area contributed by atoms with Crippen LogP contribution >= 0.6 is 11.6 Å². The molecule has 0 atom stereocenters. The summed E-state index contributed by atoms with van der Waals surface area (Å²) in [6.07, 6.45) is 2.31. The average molecular weight is 337 g/mol. The molecule has 0 radical (unpaired) electrons. The van der Waals surface area contributed by atoms with Gasteiger partial charge in [-0.3, -0.25) is 9.69 Å². The lowest BCUT2D eigenvalue weighted by molar-refractivity contribution is -0.138. The molecule has 0 saturated carbocycles. The molecule has 1 aromatic rings. The van der Waals surface area contributed by atoms with E-state index in [-0.39, 0.29) is 11.3 Å². The van der Waals surface area contributed by atoms with E-state index in [1.165, 1.54) is 5.56 Å². The molecule has 0 bridgehead atoms. The Bertz CT molecular complexity index is 530. The van der Waals surface area contributed by atoms with Crippen LogP contribution in [0, 0.1) is 11.3 Å². The summed E-state index contributed by atoms with van der Waals surface area (Å²) in [4.78, 5) is 16.7. The number of piperidine rings is 1. The van der Waals surface area contributed by atoms with Crippen LogP contribution < -0.4 is 0 Å². The minimum absolute atomic E-state index is 0.235. The Hall–Kier alpha value is -1.06. The van der Waals surface area contributed by atoms with Gasteiger partial charge >= 0.3 is 0 Å². The molecule has 1 fully saturated rings. The zero-order valence-electron chi connectivity index (χ0n) is 14.8. The number of likely N-dealkylation sites (tertiary alicyclic amines) is 1. The largest absolute Gasteiger partial charge is 0.345 e. The molecule has 1 aliphatic rings. The fraction of sp³-hybridized carbons (Fsp3) is 0.632. The maximum Gasteiger partial charge on any atom is 0.227 e. The molecule has 0 spiro atoms. The smallest absolute Gasteiger partial charge is 0.227 e. The van der Waals surface area contributed by atoms with Crippen molar-refractivity contribution in [3.05, 3.63) is 34.9 Å². The van der Waals surface area contributed by atoms with Gasteiger partial charge < -0.3 is 4.90 Å². The topological polar surface area (TPSA) is 23.6 Å². The van der Waals surface area contributed by atoms with E-state index in [1.54, 1.807) is 0 Å². The Morgan fingerprint density at radius 2 is 1.96 bits per heavy atom. The molecule has 1 aromatic carbocycles. The number of carbonyl (C=O) groups is 1. The van der Waals surface area contributed by atoms with Crippen LogP contribution in [-0.4, -0.2) is 42.4 Å². The highest BCUT2D eigenvalue weighted by atomic mass is 35.5. The standard InChI is InChI=1S/C19H29ClN2O/c1-19(2,3)18(23)21(4)13-15-8-10-22(11-9-15)14-16-6-5-7-17(20)12-16/h5-7,12,15H,8-11,13-14H2,1-4H3. The van der Waals surface area contributed by atoms with Crippen molar-refractivity contribution in [1.29, 1.82) is 0 Å². The average Bonchev–Trinajstić information content (AvgIpc) is 2.47. The van der Waals surface area contributed by atoms with E-state index in [0.29, 0.717) is 5.92 Å². The lowest BCUT2D eigenvalue weighted by Crippen LogP contribution is -2.42. The van der Waals surface area contributed by atoms with Gasteiger partial charge in [-0.2, -0.15) is 0 Å². The summed E-state index contributed by atoms with van der Waals surface area (Å²) in [5, 5.41) is 0.805. The van der Waals surface area contributed by atoms with Gasteiger partial charge in [0.15, 0.2) is 0 Å². The van der Waals surface area contributed by atoms with Gasteiger partial charge in [-0.1, -0.05) is 44.5 Å². The first-order valence-corrected chi connectivity index (χ1v) is 8.86. The third-order valence-electron chi connectivity index (χ3n) is 4.52. The fourth-order valence-corrected chi connectivity index (χ4v) is 3.48. The number of amides is 1. The Balaban J connectivity index is 1.79. The molecule has 2 rings (SSSR count). The lowest BCUT2D eigenvalue weighted by atomic mass is 9.92. The Morgan fingerprint density at radius 1 is 1.30 bits per heavy atom. The first-order chi connectivity index (χ1) is 10.8. The minimum Gasteiger partial charge on any atom is -0.345 e. The van der Waals surface area contributed by atoms with Crippen molar-refractivity contribution < 1.29 is 4.79 Å². The Kier molecular flexibility index (Phi) is 6.10. The molecule has 23 heavy (non-hydrogen) atoms. The van der Waals surface area contributed by atoms with E-state index < -0.39 is 0 Å². The van der Waals surface area contributed by atoms with E-state index in [4.69, 9.17) is 11.6 Å². The zero-order chi connectivity index (χ0) is 17.0. The van der Waals surface area contributed by atoms with Gasteiger partial charge in [0, 0.05) is 30.6 Å². The monoisotopic (exact) mass is 336 g/mol. The van der Waals surface area contributed by atoms with Crippen molar-refractivity contribution in [2.45, 2.75) is 40.2 Å². The third kappa shape index (κ3) is 5.50. The lowest BCUT2D eigenvalue weighted by Gasteiger charge is -2.35. The van der Waals surface area contributed by atoms with Crippen LogP contribution in [0.2, 0.25) is 5.02 Å². The molecule has 4 heteroatoms. The van der Waals surface area contributed by atoms with Gasteiger partial charge in [0.05, 0.1) is 0 Å². The predicted octanol–water partition coefficient (Wildman–Crippen LogP) is 4.06. The fourth-order valence-electron chi connectivity index (χ4n) is 3.26. The SMILES string of the molecule is CN(CC1CCN(Cc2cccc(Cl)c2)CC1)C(=O)C(C)(C)C. The van der Waals surface area contributed by atoms with Crippen LogP contribution in [0.5, 0.6) is 0 Å². The number of carbonyl (C=O) groups excluding carboxylic acids is 1. The Morgan fingerprint density at radius 3 is 2.52 bits per heavy atom. The summed E-state index contributed by atoms with van der Waals surface area (Å²) < 4.78 is 0. The second kappa shape index (κ2) is 7.67. The summed E-state index contributed by atoms with van der Waals surface area (Å²) in [6, 6.07) is 8.11. The van der Waals surface area contributed by atoms with Gasteiger partial charge in [-0.15, -0.1) is 0 Å². The number of benzene rings is 1. The highest BCUT2D eigenvalue weighted by Gasteiger charge is 2.28. The summed E-state index contributed by atoms with van der Waals surface area (Å²) in [5.74, 6) is 0.848. The van der Waals surface area contributed by atoms with Crippen LogP contribution in [0.25, 0.3) is 0 Å². The van der Waals surface area contributed by atoms with Gasteiger partial charge in [-0.25, -0.2) is 0 Å². The van der Waals surface area contributed by atoms with Gasteiger partial charge in [0.25, 0.3) is 0 Å². The molecule has 3 nitrogen and oxygen atoms in total. The summed E-state index contributed by atoms with van der Waals surface area (Å²) in [5.41, 5.74) is 0.984. The van der Waals surface area contributed by atoms with Crippen molar-refractivity contribution in [3.63, 3.8) is 0 Å². The molecule has 0 aromatic heterocycles. The van der Waals surface area contributed by atoms with E-state index in [0.717, 1.165) is 44.0 Å². The second-order valence-electron chi connectivity index (χ2n) is 7.79. The molecule has 0 N–H and O–H groups in total. The van der Waals surface area contributed by atoms with Crippen LogP contribution in [-0.2, 0) is 11.3 Å². The van der Waals surface area contributed by atoms with Crippen molar-refractivity contribution in [1.82, 2.24) is 9.80 Å². The van der Waals surface area contributed by atoms with Gasteiger partial charge in [-0.05, 0) is 49.5 Å². The van der Waals surface area contributed by atoms with Crippen LogP contribution in [0.1, 0.15) is 39.2 Å². The number of hydrogen-bond acceptors (Lipinski definition) is 2. The summed E-state index contributed by atoms with van der Waals surface area (Å²) in [6.45, 7) is 9.98. The molecule has 1 saturated heterocycles. The molecule has 0 unspecified atom stereocenters. The molecule has 1 amide bonds. The van der Waals surface area contributed by atoms with Gasteiger partial charge in [0.1, 0.15) is 0 Å². The predicted molar refractivity (Wildman–Crippen MR) is 96.5 cm³/mol. The quantitative estimate of drug-likeness (QED) is 0.828. The van der Waals surface area contributed by atoms with Crippen molar-refractivity contribution >= 4 is 17.5 Å².